The van der Waals surface area contributed by atoms with Gasteiger partial charge < -0.3 is 4.90 Å². The van der Waals surface area contributed by atoms with Crippen molar-refractivity contribution in [2.75, 3.05) is 24.2 Å². The summed E-state index contributed by atoms with van der Waals surface area (Å²) in [5.41, 5.74) is 1.93. The van der Waals surface area contributed by atoms with Crippen LogP contribution in [0.4, 0.5) is 5.69 Å². The number of sulfone groups is 1. The van der Waals surface area contributed by atoms with Gasteiger partial charge in [0.1, 0.15) is 0 Å². The molecule has 1 heterocycles. The van der Waals surface area contributed by atoms with Crippen LogP contribution in [0.2, 0.25) is 0 Å². The Kier molecular flexibility index (Phi) is 2.73. The number of benzene rings is 1. The molecule has 0 bridgehead atoms. The minimum atomic E-state index is -3.10. The van der Waals surface area contributed by atoms with Crippen LogP contribution in [-0.2, 0) is 15.3 Å². The van der Waals surface area contributed by atoms with Crippen molar-refractivity contribution >= 4 is 15.5 Å². The molecule has 0 saturated carbocycles. The summed E-state index contributed by atoms with van der Waals surface area (Å²) in [6, 6.07) is 5.59. The van der Waals surface area contributed by atoms with Crippen molar-refractivity contribution < 1.29 is 8.42 Å². The first-order chi connectivity index (χ1) is 7.73. The van der Waals surface area contributed by atoms with Crippen LogP contribution in [0.3, 0.4) is 0 Å². The minimum absolute atomic E-state index is 0.0491. The largest absolute Gasteiger partial charge is 0.372 e. The zero-order chi connectivity index (χ0) is 12.8. The molecule has 0 atom stereocenters. The van der Waals surface area contributed by atoms with Crippen LogP contribution in [-0.4, -0.2) is 27.8 Å². The lowest BCUT2D eigenvalue weighted by Gasteiger charge is -2.33. The fourth-order valence-corrected chi connectivity index (χ4v) is 3.83. The van der Waals surface area contributed by atoms with E-state index in [1.807, 2.05) is 19.2 Å². The van der Waals surface area contributed by atoms with Crippen molar-refractivity contribution in [3.8, 4) is 0 Å². The standard InChI is InChI=1S/C13H19NO2S/c1-13(2,3)10-6-5-7-11-12(10)14(4)8-9-17(11,15)16/h5-7H,8-9H2,1-4H3. The highest BCUT2D eigenvalue weighted by Crippen LogP contribution is 2.38. The van der Waals surface area contributed by atoms with Crippen LogP contribution >= 0.6 is 0 Å². The van der Waals surface area contributed by atoms with Gasteiger partial charge in [-0.3, -0.25) is 0 Å². The van der Waals surface area contributed by atoms with Gasteiger partial charge in [-0.15, -0.1) is 0 Å². The van der Waals surface area contributed by atoms with Crippen LogP contribution < -0.4 is 4.90 Å². The molecule has 1 aromatic rings. The predicted octanol–water partition coefficient (Wildman–Crippen LogP) is 2.21. The monoisotopic (exact) mass is 253 g/mol. The maximum Gasteiger partial charge on any atom is 0.182 e. The highest BCUT2D eigenvalue weighted by atomic mass is 32.2. The van der Waals surface area contributed by atoms with Gasteiger partial charge in [-0.1, -0.05) is 32.9 Å². The summed E-state index contributed by atoms with van der Waals surface area (Å²) in [4.78, 5) is 2.54. The summed E-state index contributed by atoms with van der Waals surface area (Å²) in [6.45, 7) is 6.90. The molecule has 3 nitrogen and oxygen atoms in total. The molecular formula is C13H19NO2S. The van der Waals surface area contributed by atoms with Crippen LogP contribution in [0, 0.1) is 0 Å². The smallest absolute Gasteiger partial charge is 0.182 e. The first-order valence-corrected chi connectivity index (χ1v) is 7.46. The molecule has 0 amide bonds. The number of rotatable bonds is 0. The van der Waals surface area contributed by atoms with Crippen molar-refractivity contribution in [2.45, 2.75) is 31.1 Å². The van der Waals surface area contributed by atoms with Gasteiger partial charge in [0.15, 0.2) is 9.84 Å². The lowest BCUT2D eigenvalue weighted by atomic mass is 9.85. The predicted molar refractivity (Wildman–Crippen MR) is 70.5 cm³/mol. The molecule has 0 N–H and O–H groups in total. The molecule has 0 radical (unpaired) electrons. The van der Waals surface area contributed by atoms with Gasteiger partial charge in [-0.05, 0) is 17.0 Å². The van der Waals surface area contributed by atoms with Gasteiger partial charge in [0, 0.05) is 13.6 Å². The Bertz CT molecular complexity index is 541. The van der Waals surface area contributed by atoms with E-state index in [0.29, 0.717) is 11.4 Å². The molecule has 4 heteroatoms. The highest BCUT2D eigenvalue weighted by molar-refractivity contribution is 7.91. The Morgan fingerprint density at radius 1 is 1.24 bits per heavy atom. The van der Waals surface area contributed by atoms with E-state index in [2.05, 4.69) is 25.7 Å². The molecule has 0 aromatic heterocycles. The summed E-state index contributed by atoms with van der Waals surface area (Å²) >= 11 is 0. The van der Waals surface area contributed by atoms with Crippen LogP contribution in [0.1, 0.15) is 26.3 Å². The van der Waals surface area contributed by atoms with E-state index in [1.54, 1.807) is 6.07 Å². The van der Waals surface area contributed by atoms with Crippen molar-refractivity contribution in [2.24, 2.45) is 0 Å². The van der Waals surface area contributed by atoms with Crippen LogP contribution in [0.15, 0.2) is 23.1 Å². The summed E-state index contributed by atoms with van der Waals surface area (Å²) in [5, 5.41) is 0. The quantitative estimate of drug-likeness (QED) is 0.711. The Morgan fingerprint density at radius 2 is 1.88 bits per heavy atom. The van der Waals surface area contributed by atoms with Crippen molar-refractivity contribution in [3.05, 3.63) is 23.8 Å². The summed E-state index contributed by atoms with van der Waals surface area (Å²) in [6.07, 6.45) is 0. The first kappa shape index (κ1) is 12.4. The van der Waals surface area contributed by atoms with Crippen LogP contribution in [0.25, 0.3) is 0 Å². The third-order valence-corrected chi connectivity index (χ3v) is 4.94. The Morgan fingerprint density at radius 3 is 2.47 bits per heavy atom. The van der Waals surface area contributed by atoms with E-state index in [9.17, 15) is 8.42 Å². The second kappa shape index (κ2) is 3.73. The molecule has 2 rings (SSSR count). The van der Waals surface area contributed by atoms with E-state index in [0.717, 1.165) is 11.3 Å². The molecular weight excluding hydrogens is 234 g/mol. The number of anilines is 1. The molecule has 94 valence electrons. The molecule has 0 unspecified atom stereocenters. The summed E-state index contributed by atoms with van der Waals surface area (Å²) in [5.74, 6) is 0.212. The van der Waals surface area contributed by atoms with Crippen molar-refractivity contribution in [3.63, 3.8) is 0 Å². The number of hydrogen-bond donors (Lipinski definition) is 0. The Labute approximate surface area is 103 Å². The average Bonchev–Trinajstić information content (AvgIpc) is 2.22. The number of fused-ring (bicyclic) bond motifs is 1. The van der Waals surface area contributed by atoms with E-state index < -0.39 is 9.84 Å². The van der Waals surface area contributed by atoms with Gasteiger partial charge in [-0.2, -0.15) is 0 Å². The topological polar surface area (TPSA) is 37.4 Å². The number of hydrogen-bond acceptors (Lipinski definition) is 3. The third kappa shape index (κ3) is 2.06. The molecule has 0 spiro atoms. The minimum Gasteiger partial charge on any atom is -0.372 e. The zero-order valence-electron chi connectivity index (χ0n) is 10.8. The summed E-state index contributed by atoms with van der Waals surface area (Å²) < 4.78 is 24.1. The first-order valence-electron chi connectivity index (χ1n) is 5.81. The average molecular weight is 253 g/mol. The van der Waals surface area contributed by atoms with E-state index in [-0.39, 0.29) is 11.2 Å². The Hall–Kier alpha value is -1.03. The van der Waals surface area contributed by atoms with E-state index in [1.165, 1.54) is 0 Å². The number of nitrogens with zero attached hydrogens (tertiary/aromatic N) is 1. The molecule has 17 heavy (non-hydrogen) atoms. The maximum absolute atomic E-state index is 12.1. The van der Waals surface area contributed by atoms with Crippen molar-refractivity contribution in [1.29, 1.82) is 0 Å². The molecule has 0 aliphatic carbocycles. The third-order valence-electron chi connectivity index (χ3n) is 3.22. The molecule has 0 fully saturated rings. The van der Waals surface area contributed by atoms with Gasteiger partial charge in [-0.25, -0.2) is 8.42 Å². The summed E-state index contributed by atoms with van der Waals surface area (Å²) in [7, 11) is -1.14. The van der Waals surface area contributed by atoms with E-state index >= 15 is 0 Å². The normalized spacial score (nSPS) is 18.9. The molecule has 0 saturated heterocycles. The Balaban J connectivity index is 2.77. The number of para-hydroxylation sites is 1. The maximum atomic E-state index is 12.1. The lowest BCUT2D eigenvalue weighted by Crippen LogP contribution is -2.34. The zero-order valence-corrected chi connectivity index (χ0v) is 11.6. The molecule has 1 aromatic carbocycles. The van der Waals surface area contributed by atoms with Gasteiger partial charge in [0.25, 0.3) is 0 Å². The SMILES string of the molecule is CN1CCS(=O)(=O)c2cccc(C(C)(C)C)c21. The van der Waals surface area contributed by atoms with Crippen LogP contribution in [0.5, 0.6) is 0 Å². The van der Waals surface area contributed by atoms with Gasteiger partial charge >= 0.3 is 0 Å². The fraction of sp³-hybridized carbons (Fsp3) is 0.538. The highest BCUT2D eigenvalue weighted by Gasteiger charge is 2.31. The van der Waals surface area contributed by atoms with Gasteiger partial charge in [0.2, 0.25) is 0 Å². The molecule has 1 aliphatic heterocycles. The second-order valence-electron chi connectivity index (χ2n) is 5.64. The van der Waals surface area contributed by atoms with Crippen molar-refractivity contribution in [1.82, 2.24) is 0 Å². The second-order valence-corrected chi connectivity index (χ2v) is 7.72. The molecule has 1 aliphatic rings. The van der Waals surface area contributed by atoms with E-state index in [4.69, 9.17) is 0 Å². The lowest BCUT2D eigenvalue weighted by molar-refractivity contribution is 0.576. The fourth-order valence-electron chi connectivity index (χ4n) is 2.25. The van der Waals surface area contributed by atoms with Gasteiger partial charge in [0.05, 0.1) is 16.3 Å².